The van der Waals surface area contributed by atoms with Crippen LogP contribution in [0.25, 0.3) is 22.2 Å². The minimum atomic E-state index is -0.399. The van der Waals surface area contributed by atoms with Gasteiger partial charge in [-0.25, -0.2) is 0 Å². The zero-order valence-electron chi connectivity index (χ0n) is 17.8. The van der Waals surface area contributed by atoms with E-state index in [1.807, 2.05) is 78.3 Å². The maximum atomic E-state index is 13.2. The zero-order valence-corrected chi connectivity index (χ0v) is 18.5. The van der Waals surface area contributed by atoms with Crippen molar-refractivity contribution in [1.29, 1.82) is 0 Å². The van der Waals surface area contributed by atoms with Crippen molar-refractivity contribution in [2.45, 2.75) is 32.2 Å². The number of nitrogens with zero attached hydrogens (tertiary/aromatic N) is 2. The van der Waals surface area contributed by atoms with Gasteiger partial charge in [0.2, 0.25) is 5.91 Å². The molecule has 0 aliphatic rings. The molecular weight excluding hydrogens is 406 g/mol. The Balaban J connectivity index is 1.64. The first kappa shape index (κ1) is 21.1. The van der Waals surface area contributed by atoms with Crippen LogP contribution in [0.5, 0.6) is 0 Å². The molecule has 31 heavy (non-hydrogen) atoms. The Bertz CT molecular complexity index is 1170. The molecule has 0 aliphatic carbocycles. The van der Waals surface area contributed by atoms with E-state index < -0.39 is 6.04 Å². The third-order valence-electron chi connectivity index (χ3n) is 5.65. The molecule has 4 nitrogen and oxygen atoms in total. The first-order valence-corrected chi connectivity index (χ1v) is 11.0. The lowest BCUT2D eigenvalue weighted by Crippen LogP contribution is -2.35. The van der Waals surface area contributed by atoms with Gasteiger partial charge in [0, 0.05) is 22.5 Å². The van der Waals surface area contributed by atoms with Crippen LogP contribution in [0.1, 0.15) is 37.8 Å². The average Bonchev–Trinajstić information content (AvgIpc) is 3.17. The van der Waals surface area contributed by atoms with E-state index in [2.05, 4.69) is 24.4 Å². The topological polar surface area (TPSA) is 46.9 Å². The van der Waals surface area contributed by atoms with E-state index in [4.69, 9.17) is 16.7 Å². The fraction of sp³-hybridized carbons (Fsp3) is 0.231. The summed E-state index contributed by atoms with van der Waals surface area (Å²) in [6.07, 6.45) is 0.638. The van der Waals surface area contributed by atoms with E-state index in [-0.39, 0.29) is 11.8 Å². The summed E-state index contributed by atoms with van der Waals surface area (Å²) in [6.45, 7) is 4.71. The average molecular weight is 432 g/mol. The van der Waals surface area contributed by atoms with Crippen molar-refractivity contribution in [2.75, 3.05) is 6.54 Å². The third-order valence-corrected chi connectivity index (χ3v) is 5.89. The number of fused-ring (bicyclic) bond motifs is 1. The number of hydrogen-bond acceptors (Lipinski definition) is 2. The van der Waals surface area contributed by atoms with Crippen LogP contribution < -0.4 is 5.32 Å². The standard InChI is InChI=1S/C26H26ClN3O/c1-3-23(26(31)28-17-18(2)19-10-6-4-7-11-19)30-24-15-14-21(27)16-22(24)25(29-30)20-12-8-5-9-13-20/h4-16,18,23H,3,17H2,1-2H3,(H,28,31)/t18-,23-/m1/s1. The highest BCUT2D eigenvalue weighted by molar-refractivity contribution is 6.31. The molecule has 0 aliphatic heterocycles. The number of nitrogens with one attached hydrogen (secondary N) is 1. The summed E-state index contributed by atoms with van der Waals surface area (Å²) in [7, 11) is 0. The maximum absolute atomic E-state index is 13.2. The molecule has 0 saturated heterocycles. The van der Waals surface area contributed by atoms with Crippen LogP contribution in [0, 0.1) is 0 Å². The second-order valence-electron chi connectivity index (χ2n) is 7.80. The number of rotatable bonds is 7. The molecule has 0 spiro atoms. The Morgan fingerprint density at radius 1 is 1.03 bits per heavy atom. The number of amides is 1. The van der Waals surface area contributed by atoms with Gasteiger partial charge in [0.15, 0.2) is 0 Å². The van der Waals surface area contributed by atoms with Crippen LogP contribution in [0.3, 0.4) is 0 Å². The largest absolute Gasteiger partial charge is 0.354 e. The van der Waals surface area contributed by atoms with Gasteiger partial charge >= 0.3 is 0 Å². The van der Waals surface area contributed by atoms with Crippen molar-refractivity contribution in [3.05, 3.63) is 89.4 Å². The number of aromatic nitrogens is 2. The Morgan fingerprint density at radius 2 is 1.71 bits per heavy atom. The second-order valence-corrected chi connectivity index (χ2v) is 8.24. The van der Waals surface area contributed by atoms with Gasteiger partial charge in [0.1, 0.15) is 11.7 Å². The molecule has 1 aromatic heterocycles. The molecule has 2 atom stereocenters. The minimum Gasteiger partial charge on any atom is -0.354 e. The van der Waals surface area contributed by atoms with E-state index in [0.29, 0.717) is 18.0 Å². The summed E-state index contributed by atoms with van der Waals surface area (Å²) in [5.74, 6) is 0.208. The molecule has 1 N–H and O–H groups in total. The molecule has 0 fully saturated rings. The molecule has 0 saturated carbocycles. The lowest BCUT2D eigenvalue weighted by Gasteiger charge is -2.19. The van der Waals surface area contributed by atoms with Gasteiger partial charge < -0.3 is 5.32 Å². The van der Waals surface area contributed by atoms with Crippen molar-refractivity contribution >= 4 is 28.4 Å². The Kier molecular flexibility index (Phi) is 6.38. The van der Waals surface area contributed by atoms with Gasteiger partial charge in [-0.15, -0.1) is 0 Å². The van der Waals surface area contributed by atoms with Crippen molar-refractivity contribution in [3.8, 4) is 11.3 Å². The fourth-order valence-corrected chi connectivity index (χ4v) is 4.07. The van der Waals surface area contributed by atoms with Crippen molar-refractivity contribution < 1.29 is 4.79 Å². The first-order chi connectivity index (χ1) is 15.1. The predicted molar refractivity (Wildman–Crippen MR) is 127 cm³/mol. The lowest BCUT2D eigenvalue weighted by atomic mass is 10.0. The molecular formula is C26H26ClN3O. The summed E-state index contributed by atoms with van der Waals surface area (Å²) in [5.41, 5.74) is 3.95. The second kappa shape index (κ2) is 9.36. The van der Waals surface area contributed by atoms with Crippen LogP contribution in [0.15, 0.2) is 78.9 Å². The summed E-state index contributed by atoms with van der Waals surface area (Å²) < 4.78 is 1.84. The quantitative estimate of drug-likeness (QED) is 0.377. The molecule has 1 heterocycles. The van der Waals surface area contributed by atoms with Gasteiger partial charge in [0.25, 0.3) is 0 Å². The maximum Gasteiger partial charge on any atom is 0.244 e. The van der Waals surface area contributed by atoms with Gasteiger partial charge in [0.05, 0.1) is 5.52 Å². The fourth-order valence-electron chi connectivity index (χ4n) is 3.90. The molecule has 0 unspecified atom stereocenters. The normalized spacial score (nSPS) is 13.1. The van der Waals surface area contributed by atoms with Gasteiger partial charge in [-0.1, -0.05) is 86.1 Å². The highest BCUT2D eigenvalue weighted by Crippen LogP contribution is 2.32. The van der Waals surface area contributed by atoms with E-state index in [0.717, 1.165) is 22.2 Å². The molecule has 1 amide bonds. The van der Waals surface area contributed by atoms with E-state index in [1.165, 1.54) is 5.56 Å². The summed E-state index contributed by atoms with van der Waals surface area (Å²) >= 11 is 6.29. The van der Waals surface area contributed by atoms with Gasteiger partial charge in [-0.05, 0) is 36.1 Å². The highest BCUT2D eigenvalue weighted by Gasteiger charge is 2.24. The number of hydrogen-bond donors (Lipinski definition) is 1. The van der Waals surface area contributed by atoms with E-state index in [1.54, 1.807) is 0 Å². The first-order valence-electron chi connectivity index (χ1n) is 10.6. The van der Waals surface area contributed by atoms with Gasteiger partial charge in [-0.3, -0.25) is 9.48 Å². The Hall–Kier alpha value is -3.11. The van der Waals surface area contributed by atoms with Crippen molar-refractivity contribution in [2.24, 2.45) is 0 Å². The Morgan fingerprint density at radius 3 is 2.39 bits per heavy atom. The third kappa shape index (κ3) is 4.49. The van der Waals surface area contributed by atoms with Crippen molar-refractivity contribution in [3.63, 3.8) is 0 Å². The molecule has 158 valence electrons. The van der Waals surface area contributed by atoms with Crippen LogP contribution in [0.2, 0.25) is 5.02 Å². The molecule has 4 aromatic rings. The van der Waals surface area contributed by atoms with E-state index in [9.17, 15) is 4.79 Å². The lowest BCUT2D eigenvalue weighted by molar-refractivity contribution is -0.124. The van der Waals surface area contributed by atoms with Crippen LogP contribution >= 0.6 is 11.6 Å². The van der Waals surface area contributed by atoms with Crippen LogP contribution in [-0.2, 0) is 4.79 Å². The Labute approximate surface area is 187 Å². The molecule has 5 heteroatoms. The molecule has 0 radical (unpaired) electrons. The zero-order chi connectivity index (χ0) is 21.8. The summed E-state index contributed by atoms with van der Waals surface area (Å²) in [6, 6.07) is 25.5. The monoisotopic (exact) mass is 431 g/mol. The highest BCUT2D eigenvalue weighted by atomic mass is 35.5. The van der Waals surface area contributed by atoms with Gasteiger partial charge in [-0.2, -0.15) is 5.10 Å². The smallest absolute Gasteiger partial charge is 0.244 e. The molecule has 4 rings (SSSR count). The summed E-state index contributed by atoms with van der Waals surface area (Å²) in [4.78, 5) is 13.2. The number of carbonyl (C=O) groups excluding carboxylic acids is 1. The minimum absolute atomic E-state index is 0.0238. The van der Waals surface area contributed by atoms with Crippen LogP contribution in [-0.4, -0.2) is 22.2 Å². The predicted octanol–water partition coefficient (Wildman–Crippen LogP) is 6.23. The van der Waals surface area contributed by atoms with E-state index >= 15 is 0 Å². The number of carbonyl (C=O) groups is 1. The summed E-state index contributed by atoms with van der Waals surface area (Å²) in [5, 5.41) is 9.60. The van der Waals surface area contributed by atoms with Crippen LogP contribution in [0.4, 0.5) is 0 Å². The SMILES string of the molecule is CC[C@H](C(=O)NC[C@@H](C)c1ccccc1)n1nc(-c2ccccc2)c2cc(Cl)ccc21. The number of benzene rings is 3. The van der Waals surface area contributed by atoms with Crippen molar-refractivity contribution in [1.82, 2.24) is 15.1 Å². The molecule has 3 aromatic carbocycles. The number of halogens is 1. The molecule has 0 bridgehead atoms.